The molecule has 2 bridgehead atoms. The van der Waals surface area contributed by atoms with Crippen LogP contribution >= 0.6 is 11.6 Å². The molecule has 0 heterocycles. The molecule has 1 heteroatoms. The number of hydrogen-bond acceptors (Lipinski definition) is 0. The lowest BCUT2D eigenvalue weighted by Crippen LogP contribution is -2.35. The molecule has 58 valence electrons. The van der Waals surface area contributed by atoms with Crippen molar-refractivity contribution in [2.24, 2.45) is 11.3 Å². The molecule has 0 N–H and O–H groups in total. The Morgan fingerprint density at radius 3 is 1.90 bits per heavy atom. The summed E-state index contributed by atoms with van der Waals surface area (Å²) >= 11 is 5.96. The summed E-state index contributed by atoms with van der Waals surface area (Å²) in [7, 11) is 0. The zero-order valence-corrected chi connectivity index (χ0v) is 7.16. The smallest absolute Gasteiger partial charge is 0.0280 e. The zero-order chi connectivity index (χ0) is 7.03. The quantitative estimate of drug-likeness (QED) is 0.515. The Morgan fingerprint density at radius 1 is 1.10 bits per heavy atom. The van der Waals surface area contributed by atoms with Crippen LogP contribution in [0.15, 0.2) is 0 Å². The molecule has 0 aromatic heterocycles. The van der Waals surface area contributed by atoms with E-state index in [0.717, 1.165) is 11.8 Å². The molecule has 0 aromatic rings. The first-order valence-electron chi connectivity index (χ1n) is 4.41. The molecule has 10 heavy (non-hydrogen) atoms. The Labute approximate surface area is 68.0 Å². The third-order valence-electron chi connectivity index (χ3n) is 3.53. The van der Waals surface area contributed by atoms with E-state index in [2.05, 4.69) is 0 Å². The van der Waals surface area contributed by atoms with E-state index in [1.807, 2.05) is 0 Å². The fourth-order valence-corrected chi connectivity index (χ4v) is 2.94. The first kappa shape index (κ1) is 6.97. The highest BCUT2D eigenvalue weighted by atomic mass is 35.5. The fraction of sp³-hybridized carbons (Fsp3) is 1.00. The first-order valence-corrected chi connectivity index (χ1v) is 4.94. The van der Waals surface area contributed by atoms with Crippen molar-refractivity contribution >= 4 is 11.6 Å². The average molecular weight is 159 g/mol. The Balaban J connectivity index is 2.08. The van der Waals surface area contributed by atoms with Crippen molar-refractivity contribution in [2.75, 3.05) is 5.88 Å². The SMILES string of the molecule is ClCC12CCC(CC1)CC2. The van der Waals surface area contributed by atoms with E-state index in [1.165, 1.54) is 38.5 Å². The molecule has 0 amide bonds. The lowest BCUT2D eigenvalue weighted by molar-refractivity contribution is 0.0865. The van der Waals surface area contributed by atoms with Crippen molar-refractivity contribution < 1.29 is 0 Å². The number of alkyl halides is 1. The Bertz CT molecular complexity index is 109. The Morgan fingerprint density at radius 2 is 1.60 bits per heavy atom. The Hall–Kier alpha value is 0.290. The lowest BCUT2D eigenvalue weighted by atomic mass is 9.62. The van der Waals surface area contributed by atoms with Crippen molar-refractivity contribution in [3.63, 3.8) is 0 Å². The number of hydrogen-bond donors (Lipinski definition) is 0. The Kier molecular flexibility index (Phi) is 1.68. The van der Waals surface area contributed by atoms with E-state index < -0.39 is 0 Å². The minimum Gasteiger partial charge on any atom is -0.126 e. The summed E-state index contributed by atoms with van der Waals surface area (Å²) in [5.74, 6) is 1.99. The van der Waals surface area contributed by atoms with Gasteiger partial charge in [0.1, 0.15) is 0 Å². The maximum atomic E-state index is 5.96. The number of fused-ring (bicyclic) bond motifs is 3. The molecular weight excluding hydrogens is 144 g/mol. The molecular formula is C9H15Cl. The predicted molar refractivity (Wildman–Crippen MR) is 44.3 cm³/mol. The fourth-order valence-electron chi connectivity index (χ4n) is 2.54. The van der Waals surface area contributed by atoms with Crippen LogP contribution in [-0.2, 0) is 0 Å². The maximum absolute atomic E-state index is 5.96. The first-order chi connectivity index (χ1) is 4.85. The summed E-state index contributed by atoms with van der Waals surface area (Å²) in [6.07, 6.45) is 8.65. The van der Waals surface area contributed by atoms with E-state index in [4.69, 9.17) is 11.6 Å². The van der Waals surface area contributed by atoms with Gasteiger partial charge in [-0.3, -0.25) is 0 Å². The zero-order valence-electron chi connectivity index (χ0n) is 6.41. The van der Waals surface area contributed by atoms with Crippen molar-refractivity contribution in [1.82, 2.24) is 0 Å². The van der Waals surface area contributed by atoms with Gasteiger partial charge in [-0.05, 0) is 49.9 Å². The van der Waals surface area contributed by atoms with Crippen molar-refractivity contribution in [2.45, 2.75) is 38.5 Å². The highest BCUT2D eigenvalue weighted by Crippen LogP contribution is 2.50. The van der Waals surface area contributed by atoms with Gasteiger partial charge in [-0.1, -0.05) is 0 Å². The van der Waals surface area contributed by atoms with Crippen LogP contribution in [0.3, 0.4) is 0 Å². The summed E-state index contributed by atoms with van der Waals surface area (Å²) < 4.78 is 0. The average Bonchev–Trinajstić information content (AvgIpc) is 2.08. The standard InChI is InChI=1S/C9H15Cl/c10-7-9-4-1-8(2-5-9)3-6-9/h8H,1-7H2. The second kappa shape index (κ2) is 2.41. The van der Waals surface area contributed by atoms with Crippen LogP contribution in [0.4, 0.5) is 0 Å². The van der Waals surface area contributed by atoms with Gasteiger partial charge in [0.25, 0.3) is 0 Å². The van der Waals surface area contributed by atoms with E-state index >= 15 is 0 Å². The second-order valence-electron chi connectivity index (χ2n) is 4.12. The van der Waals surface area contributed by atoms with Crippen LogP contribution in [0, 0.1) is 11.3 Å². The molecule has 0 radical (unpaired) electrons. The third-order valence-corrected chi connectivity index (χ3v) is 4.10. The predicted octanol–water partition coefficient (Wildman–Crippen LogP) is 3.20. The van der Waals surface area contributed by atoms with Gasteiger partial charge in [-0.15, -0.1) is 11.6 Å². The minimum atomic E-state index is 0.594. The highest BCUT2D eigenvalue weighted by molar-refractivity contribution is 6.18. The van der Waals surface area contributed by atoms with Gasteiger partial charge in [-0.2, -0.15) is 0 Å². The molecule has 0 aliphatic heterocycles. The van der Waals surface area contributed by atoms with Gasteiger partial charge < -0.3 is 0 Å². The second-order valence-corrected chi connectivity index (χ2v) is 4.38. The molecule has 0 saturated heterocycles. The summed E-state index contributed by atoms with van der Waals surface area (Å²) in [4.78, 5) is 0. The van der Waals surface area contributed by atoms with Crippen LogP contribution in [0.2, 0.25) is 0 Å². The molecule has 3 saturated carbocycles. The third kappa shape index (κ3) is 0.972. The molecule has 3 rings (SSSR count). The summed E-state index contributed by atoms with van der Waals surface area (Å²) in [6, 6.07) is 0. The summed E-state index contributed by atoms with van der Waals surface area (Å²) in [5, 5.41) is 0. The van der Waals surface area contributed by atoms with E-state index in [9.17, 15) is 0 Å². The molecule has 3 aliphatic rings. The molecule has 3 fully saturated rings. The van der Waals surface area contributed by atoms with Gasteiger partial charge in [0.2, 0.25) is 0 Å². The monoisotopic (exact) mass is 158 g/mol. The van der Waals surface area contributed by atoms with Crippen molar-refractivity contribution in [1.29, 1.82) is 0 Å². The maximum Gasteiger partial charge on any atom is 0.0280 e. The van der Waals surface area contributed by atoms with Crippen LogP contribution in [0.5, 0.6) is 0 Å². The normalized spacial score (nSPS) is 45.9. The van der Waals surface area contributed by atoms with Gasteiger partial charge in [-0.25, -0.2) is 0 Å². The van der Waals surface area contributed by atoms with Gasteiger partial charge in [0, 0.05) is 5.88 Å². The van der Waals surface area contributed by atoms with Gasteiger partial charge in [0.05, 0.1) is 0 Å². The number of halogens is 1. The molecule has 0 atom stereocenters. The highest BCUT2D eigenvalue weighted by Gasteiger charge is 2.39. The van der Waals surface area contributed by atoms with Crippen LogP contribution in [0.25, 0.3) is 0 Å². The van der Waals surface area contributed by atoms with E-state index in [0.29, 0.717) is 5.41 Å². The number of rotatable bonds is 1. The summed E-state index contributed by atoms with van der Waals surface area (Å²) in [6.45, 7) is 0. The largest absolute Gasteiger partial charge is 0.126 e. The minimum absolute atomic E-state index is 0.594. The van der Waals surface area contributed by atoms with Gasteiger partial charge >= 0.3 is 0 Å². The lowest BCUT2D eigenvalue weighted by Gasteiger charge is -2.45. The molecule has 0 nitrogen and oxygen atoms in total. The summed E-state index contributed by atoms with van der Waals surface area (Å²) in [5.41, 5.74) is 0.594. The van der Waals surface area contributed by atoms with E-state index in [1.54, 1.807) is 0 Å². The van der Waals surface area contributed by atoms with E-state index in [-0.39, 0.29) is 0 Å². The van der Waals surface area contributed by atoms with Gasteiger partial charge in [0.15, 0.2) is 0 Å². The molecule has 0 unspecified atom stereocenters. The van der Waals surface area contributed by atoms with Crippen LogP contribution in [0.1, 0.15) is 38.5 Å². The molecule has 3 aliphatic carbocycles. The van der Waals surface area contributed by atoms with Crippen molar-refractivity contribution in [3.05, 3.63) is 0 Å². The molecule has 0 spiro atoms. The molecule has 0 aromatic carbocycles. The van der Waals surface area contributed by atoms with Crippen molar-refractivity contribution in [3.8, 4) is 0 Å². The van der Waals surface area contributed by atoms with Crippen LogP contribution in [-0.4, -0.2) is 5.88 Å². The van der Waals surface area contributed by atoms with Crippen LogP contribution < -0.4 is 0 Å². The topological polar surface area (TPSA) is 0 Å².